The highest BCUT2D eigenvalue weighted by Crippen LogP contribution is 2.59. The van der Waals surface area contributed by atoms with Crippen molar-refractivity contribution in [1.29, 1.82) is 0 Å². The molecule has 9 rings (SSSR count). The first-order chi connectivity index (χ1) is 24.3. The predicted octanol–water partition coefficient (Wildman–Crippen LogP) is 10.3. The quantitative estimate of drug-likeness (QED) is 0.185. The fourth-order valence-electron chi connectivity index (χ4n) is 7.94. The van der Waals surface area contributed by atoms with Crippen LogP contribution in [0.1, 0.15) is 41.9 Å². The van der Waals surface area contributed by atoms with Crippen molar-refractivity contribution in [3.05, 3.63) is 155 Å². The lowest BCUT2D eigenvalue weighted by molar-refractivity contribution is 0.153. The van der Waals surface area contributed by atoms with Crippen LogP contribution in [-0.2, 0) is 11.0 Å². The van der Waals surface area contributed by atoms with Gasteiger partial charge in [-0.2, -0.15) is 0 Å². The van der Waals surface area contributed by atoms with Gasteiger partial charge in [0.15, 0.2) is 17.3 Å². The summed E-state index contributed by atoms with van der Waals surface area (Å²) < 4.78 is 33.7. The molecule has 1 aromatic heterocycles. The molecule has 2 aliphatic rings. The van der Waals surface area contributed by atoms with E-state index in [2.05, 4.69) is 44.2 Å². The van der Waals surface area contributed by atoms with Crippen molar-refractivity contribution in [1.82, 2.24) is 9.97 Å². The summed E-state index contributed by atoms with van der Waals surface area (Å²) in [6.07, 6.45) is 4.18. The number of para-hydroxylation sites is 1. The van der Waals surface area contributed by atoms with Gasteiger partial charge in [0.25, 0.3) is 0 Å². The summed E-state index contributed by atoms with van der Waals surface area (Å²) in [6, 6.07) is 37.1. The predicted molar refractivity (Wildman–Crippen MR) is 196 cm³/mol. The Labute approximate surface area is 289 Å². The van der Waals surface area contributed by atoms with Crippen LogP contribution in [0, 0.1) is 5.82 Å². The van der Waals surface area contributed by atoms with Gasteiger partial charge in [0.05, 0.1) is 25.4 Å². The summed E-state index contributed by atoms with van der Waals surface area (Å²) in [5.41, 5.74) is 7.31. The molecule has 1 unspecified atom stereocenters. The van der Waals surface area contributed by atoms with Crippen LogP contribution < -0.4 is 14.2 Å². The second kappa shape index (κ2) is 11.0. The van der Waals surface area contributed by atoms with Crippen LogP contribution in [0.5, 0.6) is 17.2 Å². The van der Waals surface area contributed by atoms with Crippen LogP contribution in [0.25, 0.3) is 50.1 Å². The van der Waals surface area contributed by atoms with E-state index in [1.165, 1.54) is 28.8 Å². The number of fused-ring (bicyclic) bond motifs is 9. The highest BCUT2D eigenvalue weighted by molar-refractivity contribution is 6.09. The number of halogens is 1. The standard InChI is InChI=1S/C44H33FN2O3/c1-43(2)34-16-10-8-14-29(34)38-32-24-36(48-3)37(49-4)25-33(32)41-31(39(38)43)22-23-44(50-41,27-18-20-28(45)21-19-27)42-46-35-17-11-9-15-30(35)40(47-42)26-12-6-5-7-13-26/h5-25H,1-4H3. The Morgan fingerprint density at radius 1 is 0.700 bits per heavy atom. The third kappa shape index (κ3) is 4.24. The fraction of sp³-hybridized carbons (Fsp3) is 0.136. The summed E-state index contributed by atoms with van der Waals surface area (Å²) >= 11 is 0. The Morgan fingerprint density at radius 2 is 1.38 bits per heavy atom. The summed E-state index contributed by atoms with van der Waals surface area (Å²) in [5.74, 6) is 2.00. The van der Waals surface area contributed by atoms with Crippen LogP contribution >= 0.6 is 0 Å². The normalized spacial score (nSPS) is 16.8. The molecule has 50 heavy (non-hydrogen) atoms. The number of methoxy groups -OCH3 is 2. The Kier molecular flexibility index (Phi) is 6.62. The number of nitrogens with zero attached hydrogens (tertiary/aromatic N) is 2. The van der Waals surface area contributed by atoms with Gasteiger partial charge in [0.2, 0.25) is 5.60 Å². The fourth-order valence-corrected chi connectivity index (χ4v) is 7.94. The Hall–Kier alpha value is -6.01. The maximum Gasteiger partial charge on any atom is 0.212 e. The number of benzene rings is 6. The van der Waals surface area contributed by atoms with E-state index < -0.39 is 5.60 Å². The highest BCUT2D eigenvalue weighted by atomic mass is 19.1. The molecule has 0 N–H and O–H groups in total. The molecule has 0 fully saturated rings. The molecule has 2 heterocycles. The maximum atomic E-state index is 14.5. The van der Waals surface area contributed by atoms with Crippen molar-refractivity contribution in [2.24, 2.45) is 0 Å². The van der Waals surface area contributed by atoms with Crippen molar-refractivity contribution >= 4 is 27.8 Å². The first-order valence-electron chi connectivity index (χ1n) is 16.7. The molecule has 0 saturated carbocycles. The molecule has 0 bridgehead atoms. The van der Waals surface area contributed by atoms with E-state index in [1.54, 1.807) is 26.4 Å². The maximum absolute atomic E-state index is 14.5. The van der Waals surface area contributed by atoms with Gasteiger partial charge in [-0.15, -0.1) is 0 Å². The van der Waals surface area contributed by atoms with E-state index in [0.717, 1.165) is 44.1 Å². The van der Waals surface area contributed by atoms with E-state index in [0.29, 0.717) is 28.6 Å². The van der Waals surface area contributed by atoms with Crippen LogP contribution in [-0.4, -0.2) is 24.2 Å². The average molecular weight is 657 g/mol. The lowest BCUT2D eigenvalue weighted by Gasteiger charge is -2.37. The Morgan fingerprint density at radius 3 is 2.14 bits per heavy atom. The smallest absolute Gasteiger partial charge is 0.212 e. The third-order valence-electron chi connectivity index (χ3n) is 10.3. The molecule has 6 heteroatoms. The van der Waals surface area contributed by atoms with E-state index in [4.69, 9.17) is 24.2 Å². The van der Waals surface area contributed by atoms with Gasteiger partial charge in [-0.1, -0.05) is 105 Å². The first kappa shape index (κ1) is 30.1. The van der Waals surface area contributed by atoms with Gasteiger partial charge in [-0.3, -0.25) is 0 Å². The van der Waals surface area contributed by atoms with Crippen LogP contribution in [0.4, 0.5) is 4.39 Å². The molecule has 0 amide bonds. The number of aromatic nitrogens is 2. The van der Waals surface area contributed by atoms with Gasteiger partial charge < -0.3 is 14.2 Å². The minimum Gasteiger partial charge on any atom is -0.493 e. The van der Waals surface area contributed by atoms with Crippen molar-refractivity contribution in [2.75, 3.05) is 14.2 Å². The van der Waals surface area contributed by atoms with Crippen LogP contribution in [0.2, 0.25) is 0 Å². The molecule has 244 valence electrons. The molecule has 6 aromatic carbocycles. The lowest BCUT2D eigenvalue weighted by Crippen LogP contribution is -2.37. The third-order valence-corrected chi connectivity index (χ3v) is 10.3. The topological polar surface area (TPSA) is 53.5 Å². The lowest BCUT2D eigenvalue weighted by atomic mass is 9.77. The zero-order valence-electron chi connectivity index (χ0n) is 28.1. The largest absolute Gasteiger partial charge is 0.493 e. The van der Waals surface area contributed by atoms with E-state index >= 15 is 0 Å². The van der Waals surface area contributed by atoms with Gasteiger partial charge in [-0.25, -0.2) is 14.4 Å². The Bertz CT molecular complexity index is 2530. The van der Waals surface area contributed by atoms with Gasteiger partial charge in [0.1, 0.15) is 11.6 Å². The number of hydrogen-bond donors (Lipinski definition) is 0. The Balaban J connectivity index is 1.39. The minimum absolute atomic E-state index is 0.332. The molecular formula is C44H33FN2O3. The van der Waals surface area contributed by atoms with Crippen molar-refractivity contribution in [2.45, 2.75) is 24.9 Å². The second-order valence-electron chi connectivity index (χ2n) is 13.4. The van der Waals surface area contributed by atoms with Crippen LogP contribution in [0.15, 0.2) is 121 Å². The molecule has 1 aliphatic carbocycles. The van der Waals surface area contributed by atoms with Crippen molar-refractivity contribution in [3.8, 4) is 39.6 Å². The SMILES string of the molecule is COc1cc2c3c(c4c(c2cc1OC)-c1ccccc1C4(C)C)C=CC(c1ccc(F)cc1)(c1nc(-c2ccccc2)c2ccccc2n1)O3. The van der Waals surface area contributed by atoms with Crippen molar-refractivity contribution in [3.63, 3.8) is 0 Å². The van der Waals surface area contributed by atoms with Crippen LogP contribution in [0.3, 0.4) is 0 Å². The van der Waals surface area contributed by atoms with Gasteiger partial charge in [0, 0.05) is 32.9 Å². The average Bonchev–Trinajstić information content (AvgIpc) is 3.40. The zero-order valence-corrected chi connectivity index (χ0v) is 28.1. The summed E-state index contributed by atoms with van der Waals surface area (Å²) in [5, 5.41) is 2.78. The van der Waals surface area contributed by atoms with E-state index in [-0.39, 0.29) is 11.2 Å². The minimum atomic E-state index is -1.31. The molecule has 1 aliphatic heterocycles. The summed E-state index contributed by atoms with van der Waals surface area (Å²) in [6.45, 7) is 4.53. The highest BCUT2D eigenvalue weighted by Gasteiger charge is 2.46. The summed E-state index contributed by atoms with van der Waals surface area (Å²) in [7, 11) is 3.29. The second-order valence-corrected chi connectivity index (χ2v) is 13.4. The molecule has 0 radical (unpaired) electrons. The number of rotatable bonds is 5. The monoisotopic (exact) mass is 656 g/mol. The molecule has 0 saturated heterocycles. The summed E-state index contributed by atoms with van der Waals surface area (Å²) in [4.78, 5) is 10.5. The molecular weight excluding hydrogens is 623 g/mol. The van der Waals surface area contributed by atoms with Crippen molar-refractivity contribution < 1.29 is 18.6 Å². The molecule has 5 nitrogen and oxygen atoms in total. The zero-order chi connectivity index (χ0) is 34.2. The van der Waals surface area contributed by atoms with Gasteiger partial charge >= 0.3 is 0 Å². The molecule has 0 spiro atoms. The molecule has 7 aromatic rings. The van der Waals surface area contributed by atoms with Gasteiger partial charge in [-0.05, 0) is 64.0 Å². The number of hydrogen-bond acceptors (Lipinski definition) is 5. The number of ether oxygens (including phenoxy) is 3. The van der Waals surface area contributed by atoms with E-state index in [1.807, 2.05) is 72.8 Å². The van der Waals surface area contributed by atoms with E-state index in [9.17, 15) is 4.39 Å². The first-order valence-corrected chi connectivity index (χ1v) is 16.7. The molecule has 1 atom stereocenters.